The third-order valence-corrected chi connectivity index (χ3v) is 3.20. The Labute approximate surface area is 115 Å². The van der Waals surface area contributed by atoms with Gasteiger partial charge in [-0.3, -0.25) is 0 Å². The lowest BCUT2D eigenvalue weighted by Crippen LogP contribution is -1.90. The Kier molecular flexibility index (Phi) is 3.91. The van der Waals surface area contributed by atoms with Crippen LogP contribution in [-0.4, -0.2) is 0 Å². The van der Waals surface area contributed by atoms with Crippen LogP contribution in [0.2, 0.25) is 0 Å². The average Bonchev–Trinajstić information content (AvgIpc) is 2.32. The Balaban J connectivity index is 2.31. The van der Waals surface area contributed by atoms with Crippen molar-refractivity contribution in [2.45, 2.75) is 0 Å². The molecule has 5 heteroatoms. The fourth-order valence-electron chi connectivity index (χ4n) is 1.38. The number of benzene rings is 2. The Morgan fingerprint density at radius 3 is 2.24 bits per heavy atom. The third-order valence-electron chi connectivity index (χ3n) is 2.18. The van der Waals surface area contributed by atoms with E-state index in [0.717, 1.165) is 14.6 Å². The molecule has 86 valence electrons. The van der Waals surface area contributed by atoms with Crippen molar-refractivity contribution in [1.29, 1.82) is 0 Å². The van der Waals surface area contributed by atoms with E-state index in [-0.39, 0.29) is 0 Å². The number of rotatable bonds is 3. The quantitative estimate of drug-likeness (QED) is 0.753. The number of hydrogen-bond acceptors (Lipinski definition) is 3. The first-order valence-corrected chi connectivity index (χ1v) is 6.43. The first kappa shape index (κ1) is 12.3. The molecule has 0 radical (unpaired) electrons. The summed E-state index contributed by atoms with van der Waals surface area (Å²) >= 11 is 6.73. The van der Waals surface area contributed by atoms with Crippen LogP contribution in [0.4, 0.5) is 17.1 Å². The number of hydrogen-bond donors (Lipinski definition) is 1. The highest BCUT2D eigenvalue weighted by Gasteiger charge is 2.04. The van der Waals surface area contributed by atoms with Gasteiger partial charge in [-0.05, 0) is 47.6 Å². The number of halogens is 2. The zero-order chi connectivity index (χ0) is 12.3. The molecule has 0 spiro atoms. The maximum absolute atomic E-state index is 10.7. The minimum Gasteiger partial charge on any atom is -0.354 e. The molecular formula is C12H8Br2N2O. The van der Waals surface area contributed by atoms with Crippen molar-refractivity contribution in [2.75, 3.05) is 5.32 Å². The molecule has 3 nitrogen and oxygen atoms in total. The summed E-state index contributed by atoms with van der Waals surface area (Å²) < 4.78 is 1.90. The normalized spacial score (nSPS) is 10.0. The van der Waals surface area contributed by atoms with Crippen molar-refractivity contribution in [3.63, 3.8) is 0 Å². The van der Waals surface area contributed by atoms with E-state index in [2.05, 4.69) is 42.4 Å². The van der Waals surface area contributed by atoms with Crippen LogP contribution in [0.1, 0.15) is 0 Å². The van der Waals surface area contributed by atoms with Gasteiger partial charge in [0.15, 0.2) is 0 Å². The molecule has 2 aromatic rings. The van der Waals surface area contributed by atoms with Gasteiger partial charge in [0, 0.05) is 14.6 Å². The highest BCUT2D eigenvalue weighted by atomic mass is 79.9. The zero-order valence-corrected chi connectivity index (χ0v) is 11.8. The van der Waals surface area contributed by atoms with Crippen LogP contribution in [0.15, 0.2) is 56.6 Å². The maximum Gasteiger partial charge on any atom is 0.131 e. The van der Waals surface area contributed by atoms with Crippen molar-refractivity contribution in [3.8, 4) is 0 Å². The molecule has 0 saturated carbocycles. The van der Waals surface area contributed by atoms with Gasteiger partial charge in [0.05, 0.1) is 5.69 Å². The lowest BCUT2D eigenvalue weighted by Gasteiger charge is -2.08. The molecule has 0 aromatic heterocycles. The van der Waals surface area contributed by atoms with Gasteiger partial charge in [0.1, 0.15) is 5.69 Å². The van der Waals surface area contributed by atoms with Gasteiger partial charge in [-0.2, -0.15) is 0 Å². The van der Waals surface area contributed by atoms with Crippen LogP contribution in [-0.2, 0) is 0 Å². The molecule has 0 bridgehead atoms. The summed E-state index contributed by atoms with van der Waals surface area (Å²) in [4.78, 5) is 10.7. The van der Waals surface area contributed by atoms with Gasteiger partial charge in [-0.15, -0.1) is 4.91 Å². The molecule has 0 aliphatic heterocycles. The average molecular weight is 356 g/mol. The van der Waals surface area contributed by atoms with Crippen LogP contribution in [0, 0.1) is 4.91 Å². The molecule has 1 N–H and O–H groups in total. The molecular weight excluding hydrogens is 348 g/mol. The van der Waals surface area contributed by atoms with Crippen LogP contribution < -0.4 is 5.32 Å². The van der Waals surface area contributed by atoms with Gasteiger partial charge in [0.25, 0.3) is 0 Å². The molecule has 0 amide bonds. The van der Waals surface area contributed by atoms with Gasteiger partial charge in [-0.1, -0.05) is 31.9 Å². The fourth-order valence-corrected chi connectivity index (χ4v) is 2.00. The van der Waals surface area contributed by atoms with E-state index in [9.17, 15) is 4.91 Å². The molecule has 0 unspecified atom stereocenters. The van der Waals surface area contributed by atoms with Gasteiger partial charge in [0.2, 0.25) is 0 Å². The predicted molar refractivity (Wildman–Crippen MR) is 77.0 cm³/mol. The van der Waals surface area contributed by atoms with Crippen molar-refractivity contribution >= 4 is 48.9 Å². The highest BCUT2D eigenvalue weighted by molar-refractivity contribution is 9.10. The van der Waals surface area contributed by atoms with E-state index in [4.69, 9.17) is 0 Å². The summed E-state index contributed by atoms with van der Waals surface area (Å²) in [5.41, 5.74) is 1.96. The van der Waals surface area contributed by atoms with E-state index in [1.165, 1.54) is 0 Å². The second-order valence-corrected chi connectivity index (χ2v) is 5.22. The molecule has 0 aliphatic rings. The third kappa shape index (κ3) is 3.14. The van der Waals surface area contributed by atoms with E-state index in [1.807, 2.05) is 30.3 Å². The Bertz CT molecular complexity index is 541. The largest absolute Gasteiger partial charge is 0.354 e. The molecule has 0 aliphatic carbocycles. The lowest BCUT2D eigenvalue weighted by molar-refractivity contribution is 1.45. The maximum atomic E-state index is 10.7. The fraction of sp³-hybridized carbons (Fsp3) is 0. The summed E-state index contributed by atoms with van der Waals surface area (Å²) in [5.74, 6) is 0. The number of nitrogens with zero attached hydrogens (tertiary/aromatic N) is 1. The number of anilines is 2. The van der Waals surface area contributed by atoms with E-state index in [1.54, 1.807) is 12.1 Å². The molecule has 2 aromatic carbocycles. The van der Waals surface area contributed by atoms with Gasteiger partial charge in [-0.25, -0.2) is 0 Å². The Hall–Kier alpha value is -1.20. The smallest absolute Gasteiger partial charge is 0.131 e. The van der Waals surface area contributed by atoms with Gasteiger partial charge >= 0.3 is 0 Å². The molecule has 0 saturated heterocycles. The summed E-state index contributed by atoms with van der Waals surface area (Å²) in [7, 11) is 0. The minimum absolute atomic E-state index is 0.385. The van der Waals surface area contributed by atoms with Gasteiger partial charge < -0.3 is 5.32 Å². The zero-order valence-electron chi connectivity index (χ0n) is 8.65. The van der Waals surface area contributed by atoms with E-state index < -0.39 is 0 Å². The first-order valence-electron chi connectivity index (χ1n) is 4.84. The summed E-state index contributed by atoms with van der Waals surface area (Å²) in [6, 6.07) is 12.9. The SMILES string of the molecule is O=Nc1ccc(Br)cc1Nc1ccc(Br)cc1. The second-order valence-electron chi connectivity index (χ2n) is 3.38. The minimum atomic E-state index is 0.385. The van der Waals surface area contributed by atoms with E-state index in [0.29, 0.717) is 11.4 Å². The molecule has 0 heterocycles. The Morgan fingerprint density at radius 2 is 1.59 bits per heavy atom. The van der Waals surface area contributed by atoms with Crippen LogP contribution >= 0.6 is 31.9 Å². The topological polar surface area (TPSA) is 41.5 Å². The molecule has 17 heavy (non-hydrogen) atoms. The highest BCUT2D eigenvalue weighted by Crippen LogP contribution is 2.31. The first-order chi connectivity index (χ1) is 8.19. The van der Waals surface area contributed by atoms with E-state index >= 15 is 0 Å². The lowest BCUT2D eigenvalue weighted by atomic mass is 10.2. The number of nitrogens with one attached hydrogen (secondary N) is 1. The standard InChI is InChI=1S/C12H8Br2N2O/c13-8-1-4-10(5-2-8)15-12-7-9(14)3-6-11(12)16-17/h1-7,15H. The second kappa shape index (κ2) is 5.42. The molecule has 2 rings (SSSR count). The monoisotopic (exact) mass is 354 g/mol. The van der Waals surface area contributed by atoms with Crippen molar-refractivity contribution in [1.82, 2.24) is 0 Å². The van der Waals surface area contributed by atoms with Crippen molar-refractivity contribution in [3.05, 3.63) is 56.3 Å². The molecule has 0 fully saturated rings. The summed E-state index contributed by atoms with van der Waals surface area (Å²) in [5, 5.41) is 6.13. The molecule has 0 atom stereocenters. The number of nitroso groups, excluding NO2 is 1. The van der Waals surface area contributed by atoms with Crippen molar-refractivity contribution < 1.29 is 0 Å². The van der Waals surface area contributed by atoms with Crippen LogP contribution in [0.3, 0.4) is 0 Å². The van der Waals surface area contributed by atoms with Crippen molar-refractivity contribution in [2.24, 2.45) is 5.18 Å². The Morgan fingerprint density at radius 1 is 0.941 bits per heavy atom. The van der Waals surface area contributed by atoms with Crippen LogP contribution in [0.25, 0.3) is 0 Å². The predicted octanol–water partition coefficient (Wildman–Crippen LogP) is 5.35. The summed E-state index contributed by atoms with van der Waals surface area (Å²) in [6.45, 7) is 0. The van der Waals surface area contributed by atoms with Crippen LogP contribution in [0.5, 0.6) is 0 Å². The summed E-state index contributed by atoms with van der Waals surface area (Å²) in [6.07, 6.45) is 0.